The summed E-state index contributed by atoms with van der Waals surface area (Å²) in [6, 6.07) is 0. The molecule has 0 radical (unpaired) electrons. The summed E-state index contributed by atoms with van der Waals surface area (Å²) in [6.45, 7) is 1.87. The lowest BCUT2D eigenvalue weighted by atomic mass is 10.1. The van der Waals surface area contributed by atoms with Crippen molar-refractivity contribution in [2.45, 2.75) is 6.92 Å². The maximum absolute atomic E-state index is 7.40. The van der Waals surface area contributed by atoms with Gasteiger partial charge in [-0.05, 0) is 19.1 Å². The van der Waals surface area contributed by atoms with E-state index in [-0.39, 0.29) is 0 Å². The number of nitrogens with one attached hydrogen (secondary N) is 1. The highest BCUT2D eigenvalue weighted by Gasteiger charge is 2.06. The molecule has 0 aromatic heterocycles. The summed E-state index contributed by atoms with van der Waals surface area (Å²) in [5.41, 5.74) is 1.29. The molecule has 0 fully saturated rings. The minimum Gasteiger partial charge on any atom is -0.300 e. The van der Waals surface area contributed by atoms with E-state index in [0.29, 0.717) is 10.7 Å². The Labute approximate surface area is 65.2 Å². The van der Waals surface area contributed by atoms with Gasteiger partial charge in [0.2, 0.25) is 0 Å². The van der Waals surface area contributed by atoms with E-state index in [1.54, 1.807) is 18.2 Å². The quantitative estimate of drug-likeness (QED) is 0.553. The molecule has 0 bridgehead atoms. The Balaban J connectivity index is 3.04. The SMILES string of the molecule is C/C=C1\C(=N)C=CC=C1Cl. The second-order valence-corrected chi connectivity index (χ2v) is 2.40. The van der Waals surface area contributed by atoms with Crippen LogP contribution in [0.1, 0.15) is 6.92 Å². The van der Waals surface area contributed by atoms with Gasteiger partial charge in [0.25, 0.3) is 0 Å². The topological polar surface area (TPSA) is 23.9 Å². The maximum Gasteiger partial charge on any atom is 0.0623 e. The molecular formula is C8H8ClN. The van der Waals surface area contributed by atoms with Crippen molar-refractivity contribution in [3.8, 4) is 0 Å². The second-order valence-electron chi connectivity index (χ2n) is 1.99. The van der Waals surface area contributed by atoms with Crippen LogP contribution in [0, 0.1) is 5.41 Å². The molecule has 10 heavy (non-hydrogen) atoms. The van der Waals surface area contributed by atoms with Gasteiger partial charge in [0, 0.05) is 10.6 Å². The molecule has 0 unspecified atom stereocenters. The molecule has 0 amide bonds. The summed E-state index contributed by atoms with van der Waals surface area (Å²) >= 11 is 5.78. The summed E-state index contributed by atoms with van der Waals surface area (Å²) in [7, 11) is 0. The van der Waals surface area contributed by atoms with Crippen molar-refractivity contribution < 1.29 is 0 Å². The second kappa shape index (κ2) is 2.84. The van der Waals surface area contributed by atoms with Gasteiger partial charge in [-0.15, -0.1) is 0 Å². The van der Waals surface area contributed by atoms with Crippen LogP contribution in [0.4, 0.5) is 0 Å². The summed E-state index contributed by atoms with van der Waals surface area (Å²) in [5.74, 6) is 0. The van der Waals surface area contributed by atoms with Crippen LogP contribution in [0.25, 0.3) is 0 Å². The lowest BCUT2D eigenvalue weighted by molar-refractivity contribution is 1.47. The molecule has 0 aromatic carbocycles. The molecule has 2 heteroatoms. The van der Waals surface area contributed by atoms with Crippen LogP contribution >= 0.6 is 11.6 Å². The average molecular weight is 154 g/mol. The summed E-state index contributed by atoms with van der Waals surface area (Å²) < 4.78 is 0. The smallest absolute Gasteiger partial charge is 0.0623 e. The van der Waals surface area contributed by atoms with Gasteiger partial charge in [-0.3, -0.25) is 0 Å². The minimum atomic E-state index is 0.481. The highest BCUT2D eigenvalue weighted by Crippen LogP contribution is 2.19. The van der Waals surface area contributed by atoms with Crippen LogP contribution < -0.4 is 0 Å². The van der Waals surface area contributed by atoms with Gasteiger partial charge in [-0.2, -0.15) is 0 Å². The Morgan fingerprint density at radius 3 is 2.70 bits per heavy atom. The van der Waals surface area contributed by atoms with Crippen LogP contribution in [0.5, 0.6) is 0 Å². The van der Waals surface area contributed by atoms with Crippen molar-refractivity contribution in [2.75, 3.05) is 0 Å². The highest BCUT2D eigenvalue weighted by atomic mass is 35.5. The summed E-state index contributed by atoms with van der Waals surface area (Å²) in [4.78, 5) is 0. The maximum atomic E-state index is 7.40. The largest absolute Gasteiger partial charge is 0.300 e. The van der Waals surface area contributed by atoms with Gasteiger partial charge in [-0.1, -0.05) is 23.8 Å². The van der Waals surface area contributed by atoms with E-state index in [1.165, 1.54) is 0 Å². The molecule has 52 valence electrons. The molecule has 0 saturated heterocycles. The van der Waals surface area contributed by atoms with Gasteiger partial charge in [0.05, 0.1) is 5.71 Å². The van der Waals surface area contributed by atoms with Gasteiger partial charge < -0.3 is 5.41 Å². The van der Waals surface area contributed by atoms with Crippen LogP contribution in [-0.4, -0.2) is 5.71 Å². The molecule has 1 aliphatic carbocycles. The summed E-state index contributed by atoms with van der Waals surface area (Å²) in [6.07, 6.45) is 7.12. The van der Waals surface area contributed by atoms with Crippen molar-refractivity contribution in [3.63, 3.8) is 0 Å². The Hall–Kier alpha value is -0.820. The van der Waals surface area contributed by atoms with Gasteiger partial charge in [0.15, 0.2) is 0 Å². The third kappa shape index (κ3) is 1.19. The fraction of sp³-hybridized carbons (Fsp3) is 0.125. The molecule has 0 atom stereocenters. The average Bonchev–Trinajstić information content (AvgIpc) is 1.88. The number of hydrogen-bond donors (Lipinski definition) is 1. The predicted molar refractivity (Wildman–Crippen MR) is 44.6 cm³/mol. The number of hydrogen-bond acceptors (Lipinski definition) is 1. The van der Waals surface area contributed by atoms with Crippen molar-refractivity contribution >= 4 is 17.3 Å². The molecule has 0 spiro atoms. The van der Waals surface area contributed by atoms with E-state index in [0.717, 1.165) is 5.57 Å². The Morgan fingerprint density at radius 2 is 2.30 bits per heavy atom. The number of allylic oxidation sites excluding steroid dienone is 6. The molecule has 0 heterocycles. The first-order valence-electron chi connectivity index (χ1n) is 3.05. The normalized spacial score (nSPS) is 21.6. The zero-order chi connectivity index (χ0) is 7.56. The molecule has 0 aromatic rings. The molecular weight excluding hydrogens is 146 g/mol. The summed E-state index contributed by atoms with van der Waals surface area (Å²) in [5, 5.41) is 8.04. The van der Waals surface area contributed by atoms with Gasteiger partial charge in [-0.25, -0.2) is 0 Å². The monoisotopic (exact) mass is 153 g/mol. The fourth-order valence-corrected chi connectivity index (χ4v) is 1.11. The Morgan fingerprint density at radius 1 is 1.60 bits per heavy atom. The molecule has 0 saturated carbocycles. The van der Waals surface area contributed by atoms with Crippen molar-refractivity contribution in [2.24, 2.45) is 0 Å². The van der Waals surface area contributed by atoms with Crippen LogP contribution in [0.3, 0.4) is 0 Å². The van der Waals surface area contributed by atoms with Crippen molar-refractivity contribution in [3.05, 3.63) is 34.9 Å². The Kier molecular flexibility index (Phi) is 2.07. The first-order valence-corrected chi connectivity index (χ1v) is 3.43. The predicted octanol–water partition coefficient (Wildman–Crippen LogP) is 2.64. The molecule has 1 rings (SSSR count). The first-order chi connectivity index (χ1) is 4.75. The number of rotatable bonds is 0. The highest BCUT2D eigenvalue weighted by molar-refractivity contribution is 6.37. The van der Waals surface area contributed by atoms with Crippen LogP contribution in [-0.2, 0) is 0 Å². The molecule has 1 aliphatic rings. The Bertz CT molecular complexity index is 246. The van der Waals surface area contributed by atoms with E-state index in [2.05, 4.69) is 0 Å². The minimum absolute atomic E-state index is 0.481. The van der Waals surface area contributed by atoms with Crippen LogP contribution in [0.2, 0.25) is 0 Å². The van der Waals surface area contributed by atoms with Gasteiger partial charge in [0.1, 0.15) is 0 Å². The van der Waals surface area contributed by atoms with Crippen molar-refractivity contribution in [1.29, 1.82) is 5.41 Å². The fourth-order valence-electron chi connectivity index (χ4n) is 0.830. The lowest BCUT2D eigenvalue weighted by Crippen LogP contribution is -2.00. The lowest BCUT2D eigenvalue weighted by Gasteiger charge is -2.06. The van der Waals surface area contributed by atoms with E-state index >= 15 is 0 Å². The van der Waals surface area contributed by atoms with Crippen molar-refractivity contribution in [1.82, 2.24) is 0 Å². The zero-order valence-electron chi connectivity index (χ0n) is 5.69. The third-order valence-electron chi connectivity index (χ3n) is 1.34. The van der Waals surface area contributed by atoms with E-state index in [1.807, 2.05) is 13.0 Å². The zero-order valence-corrected chi connectivity index (χ0v) is 6.44. The molecule has 1 nitrogen and oxygen atoms in total. The molecule has 1 N–H and O–H groups in total. The third-order valence-corrected chi connectivity index (χ3v) is 1.67. The van der Waals surface area contributed by atoms with E-state index < -0.39 is 0 Å². The van der Waals surface area contributed by atoms with Gasteiger partial charge >= 0.3 is 0 Å². The van der Waals surface area contributed by atoms with E-state index in [4.69, 9.17) is 17.0 Å². The van der Waals surface area contributed by atoms with Crippen LogP contribution in [0.15, 0.2) is 34.9 Å². The molecule has 0 aliphatic heterocycles. The number of halogens is 1. The van der Waals surface area contributed by atoms with E-state index in [9.17, 15) is 0 Å². The standard InChI is InChI=1S/C8H8ClN/c1-2-6-7(9)4-3-5-8(6)10/h2-5,10H,1H3/b6-2-,10-8?. The first kappa shape index (κ1) is 7.29.